The first-order valence-corrected chi connectivity index (χ1v) is 41.5. The van der Waals surface area contributed by atoms with Gasteiger partial charge < -0.3 is 47.7 Å². The fraction of sp³-hybridized carbons (Fsp3) is 0.375. The van der Waals surface area contributed by atoms with Crippen molar-refractivity contribution < 1.29 is 54.6 Å². The highest BCUT2D eigenvalue weighted by atomic mass is 32.1. The van der Waals surface area contributed by atoms with Crippen LogP contribution >= 0.6 is 79.4 Å². The standard InChI is InChI=1S/2C11H12N4OS.C11H12N2O3S.C9H10N4O2S.C9H8N4OS.C9H10N2O2S.C5H5NOS.C4H7N3O2.C3H8.H2N2.H2O.H2/c2*1-4-15-11(16)8-7(5-12-15)9-10(14(8)3)13-6(2)17-9;1-4-16-11(15)8-7(5-14)9-10(13(8)3)12-6(2)17-9;1-3-15-9(14)8(12-13-10)4-7-5-11-6(2)16-7;1-4-11-8-7(15-4)5-3-10-12-9(14)6(5)13(8)2;1-3-13-9(12)6-4-7-8(11-6)10-5(2)14-7;1-4-6-2-5(3-7)8-4;1-2-9-4(8)3-6-7-5;1-3-2;1-2;;/h3*5H,4H2,1-3H3;4-5H,3H2,1-2H3;3H,1-2H3,(H,12,14);4,11H,3H2,1-2H3;2-3H,1H3;2-3H2,1H3;3H2,1-2H3;1-2H;1H2;1H/b;;;8-4-;;;;;;;;. The van der Waals surface area contributed by atoms with Crippen LogP contribution in [0.25, 0.3) is 111 Å². The van der Waals surface area contributed by atoms with E-state index in [9.17, 15) is 43.2 Å². The molecule has 15 rings (SSSR count). The number of nitrogens with zero attached hydrogens (tertiary/aromatic N) is 22. The minimum atomic E-state index is -0.633. The lowest BCUT2D eigenvalue weighted by Crippen LogP contribution is -2.22. The summed E-state index contributed by atoms with van der Waals surface area (Å²) in [7, 11) is 7.32. The number of carbonyl (C=O) groups excluding carboxylic acids is 6. The second kappa shape index (κ2) is 46.6. The molecule has 6 N–H and O–H groups in total. The smallest absolute Gasteiger partial charge is 0.355 e. The molecule has 0 fully saturated rings. The maximum atomic E-state index is 12.2. The van der Waals surface area contributed by atoms with Crippen molar-refractivity contribution in [3.63, 3.8) is 0 Å². The van der Waals surface area contributed by atoms with Crippen molar-refractivity contribution in [3.05, 3.63) is 156 Å². The number of H-pyrrole nitrogens is 2. The van der Waals surface area contributed by atoms with E-state index in [2.05, 4.69) is 98.9 Å². The van der Waals surface area contributed by atoms with Gasteiger partial charge in [-0.25, -0.2) is 74.8 Å². The second-order valence-corrected chi connectivity index (χ2v) is 32.3. The van der Waals surface area contributed by atoms with Crippen LogP contribution in [-0.4, -0.2) is 163 Å². The monoisotopic (exact) mass is 1770 g/mol. The van der Waals surface area contributed by atoms with E-state index in [-0.39, 0.29) is 60.7 Å². The summed E-state index contributed by atoms with van der Waals surface area (Å²) in [5.41, 5.74) is 32.9. The Kier molecular flexibility index (Phi) is 38.1. The molecule has 47 heteroatoms. The maximum absolute atomic E-state index is 12.2. The van der Waals surface area contributed by atoms with Crippen LogP contribution in [-0.2, 0) is 69.8 Å². The van der Waals surface area contributed by atoms with Gasteiger partial charge in [-0.2, -0.15) is 15.3 Å². The summed E-state index contributed by atoms with van der Waals surface area (Å²) in [5.74, 6) is -1.93. The zero-order chi connectivity index (χ0) is 87.4. The molecule has 0 unspecified atom stereocenters. The molecule has 0 bridgehead atoms. The molecule has 0 radical (unpaired) electrons. The van der Waals surface area contributed by atoms with Crippen LogP contribution in [0.3, 0.4) is 0 Å². The summed E-state index contributed by atoms with van der Waals surface area (Å²) in [6.07, 6.45) is 12.6. The third-order valence-corrected chi connectivity index (χ3v) is 22.0. The van der Waals surface area contributed by atoms with Gasteiger partial charge in [0.05, 0.1) is 114 Å². The van der Waals surface area contributed by atoms with Crippen molar-refractivity contribution in [1.82, 2.24) is 87.9 Å². The number of hydrogen-bond donors (Lipinski definition) is 4. The Bertz CT molecular complexity index is 6220. The summed E-state index contributed by atoms with van der Waals surface area (Å²) in [4.78, 5) is 141. The third-order valence-electron chi connectivity index (χ3n) is 15.4. The summed E-state index contributed by atoms with van der Waals surface area (Å²) in [6, 6.07) is 1.78. The molecule has 634 valence electrons. The van der Waals surface area contributed by atoms with Crippen molar-refractivity contribution >= 4 is 206 Å². The number of azide groups is 2. The van der Waals surface area contributed by atoms with Gasteiger partial charge >= 0.3 is 23.9 Å². The number of hydrogen-bond acceptors (Lipinski definition) is 34. The molecular weight excluding hydrogens is 1680 g/mol. The van der Waals surface area contributed by atoms with Crippen LogP contribution in [0.1, 0.15) is 144 Å². The van der Waals surface area contributed by atoms with Crippen molar-refractivity contribution in [2.24, 2.45) is 38.4 Å². The van der Waals surface area contributed by atoms with E-state index >= 15 is 0 Å². The van der Waals surface area contributed by atoms with E-state index in [1.54, 1.807) is 122 Å². The Morgan fingerprint density at radius 3 is 1.39 bits per heavy atom. The fourth-order valence-corrected chi connectivity index (χ4v) is 16.7. The van der Waals surface area contributed by atoms with Crippen LogP contribution in [0.4, 0.5) is 0 Å². The van der Waals surface area contributed by atoms with E-state index in [1.165, 1.54) is 55.9 Å². The highest BCUT2D eigenvalue weighted by Crippen LogP contribution is 2.34. The molecule has 0 amide bonds. The predicted molar refractivity (Wildman–Crippen MR) is 466 cm³/mol. The van der Waals surface area contributed by atoms with Crippen molar-refractivity contribution in [1.29, 1.82) is 11.1 Å². The van der Waals surface area contributed by atoms with Gasteiger partial charge in [0.1, 0.15) is 45.8 Å². The lowest BCUT2D eigenvalue weighted by Gasteiger charge is -2.03. The average Bonchev–Trinajstić information content (AvgIpc) is 1.60. The topological polar surface area (TPSA) is 557 Å². The number of esters is 4. The summed E-state index contributed by atoms with van der Waals surface area (Å²) in [6.45, 7) is 30.5. The van der Waals surface area contributed by atoms with Gasteiger partial charge in [-0.15, -0.1) is 79.4 Å². The van der Waals surface area contributed by atoms with E-state index in [0.29, 0.717) is 70.9 Å². The van der Waals surface area contributed by atoms with Crippen LogP contribution in [0.2, 0.25) is 0 Å². The molecular formula is C72H90N26O14S7. The average molecular weight is 1770 g/mol. The molecule has 0 saturated carbocycles. The Morgan fingerprint density at radius 1 is 0.538 bits per heavy atom. The fourth-order valence-electron chi connectivity index (χ4n) is 10.8. The van der Waals surface area contributed by atoms with Gasteiger partial charge in [-0.1, -0.05) is 30.5 Å². The quantitative estimate of drug-likeness (QED) is 0.0141. The summed E-state index contributed by atoms with van der Waals surface area (Å²) in [5, 5.41) is 30.2. The zero-order valence-corrected chi connectivity index (χ0v) is 74.1. The highest BCUT2D eigenvalue weighted by Gasteiger charge is 2.25. The molecule has 15 aromatic heterocycles. The lowest BCUT2D eigenvalue weighted by molar-refractivity contribution is -0.141. The Morgan fingerprint density at radius 2 is 0.975 bits per heavy atom. The largest absolute Gasteiger partial charge is 0.466 e. The number of aldehydes is 2. The van der Waals surface area contributed by atoms with Crippen molar-refractivity contribution in [2.75, 3.05) is 33.0 Å². The van der Waals surface area contributed by atoms with Gasteiger partial charge in [-0.3, -0.25) is 28.8 Å². The SMILES string of the molecule is CCC.CCOC(=O)/C(=C/c1cnc(C)s1)N=[N+]=[N-].CCOC(=O)CN=[N+]=[N-].CCOC(=O)c1c(C=O)c2sc(C)nc2n1C.CCOC(=O)c1cc2sc(C)nc2[nH]1.CCn1ncc2c3sc(C)nc3n(C)c2c1=O.CCn1ncc2c3sc(C)nc3n(C)c2c1=O.Cc1nc2c(s1)c1cn[nH]c(=O)c1n2C.Cc1ncc(C=O)s1.N=N.O.[HH]. The number of thiazole rings is 7. The van der Waals surface area contributed by atoms with Gasteiger partial charge in [-0.05, 0) is 113 Å². The number of ether oxygens (including phenoxy) is 4. The molecule has 0 aromatic carbocycles. The molecule has 40 nitrogen and oxygen atoms in total. The van der Waals surface area contributed by atoms with Gasteiger partial charge in [0.15, 0.2) is 35.2 Å². The third kappa shape index (κ3) is 24.2. The molecule has 0 aliphatic rings. The Balaban J connectivity index is 0.000000288. The number of aryl methyl sites for hydroxylation is 13. The van der Waals surface area contributed by atoms with E-state index in [4.69, 9.17) is 36.3 Å². The molecule has 0 aliphatic carbocycles. The molecule has 15 aromatic rings. The Labute approximate surface area is 706 Å². The van der Waals surface area contributed by atoms with Crippen LogP contribution < -0.4 is 16.7 Å². The molecule has 0 atom stereocenters. The lowest BCUT2D eigenvalue weighted by atomic mass is 10.2. The highest BCUT2D eigenvalue weighted by molar-refractivity contribution is 7.20. The zero-order valence-electron chi connectivity index (χ0n) is 68.4. The molecule has 0 spiro atoms. The van der Waals surface area contributed by atoms with Gasteiger partial charge in [0.2, 0.25) is 0 Å². The first-order chi connectivity index (χ1) is 56.5. The number of aromatic nitrogens is 18. The number of carbonyl (C=O) groups is 6. The van der Waals surface area contributed by atoms with Crippen molar-refractivity contribution in [2.45, 2.75) is 123 Å². The normalized spacial score (nSPS) is 10.4. The van der Waals surface area contributed by atoms with Gasteiger partial charge in [0.25, 0.3) is 16.7 Å². The maximum Gasteiger partial charge on any atom is 0.355 e. The molecule has 15 heterocycles. The molecule has 0 aliphatic heterocycles. The van der Waals surface area contributed by atoms with Crippen molar-refractivity contribution in [3.8, 4) is 0 Å². The predicted octanol–water partition coefficient (Wildman–Crippen LogP) is 14.8. The summed E-state index contributed by atoms with van der Waals surface area (Å²) < 4.78 is 33.9. The number of aromatic amines is 2. The second-order valence-electron chi connectivity index (χ2n) is 23.8. The van der Waals surface area contributed by atoms with E-state index in [0.717, 1.165) is 108 Å². The number of rotatable bonds is 15. The van der Waals surface area contributed by atoms with E-state index in [1.807, 2.05) is 97.2 Å². The van der Waals surface area contributed by atoms with E-state index < -0.39 is 17.9 Å². The first kappa shape index (κ1) is 97.2. The summed E-state index contributed by atoms with van der Waals surface area (Å²) >= 11 is 10.6. The number of fused-ring (bicyclic) bond motifs is 11. The minimum absolute atomic E-state index is 0. The molecule has 0 saturated heterocycles. The minimum Gasteiger partial charge on any atom is -0.466 e. The first-order valence-electron chi connectivity index (χ1n) is 35.8. The Hall–Kier alpha value is -12.3. The van der Waals surface area contributed by atoms with Crippen LogP contribution in [0, 0.1) is 59.5 Å². The van der Waals surface area contributed by atoms with Crippen LogP contribution in [0.15, 0.2) is 67.4 Å². The van der Waals surface area contributed by atoms with Gasteiger partial charge in [0, 0.05) is 86.0 Å². The van der Waals surface area contributed by atoms with Crippen LogP contribution in [0.5, 0.6) is 0 Å². The number of nitrogens with one attached hydrogen (secondary N) is 4. The molecule has 119 heavy (non-hydrogen) atoms.